The first-order valence-electron chi connectivity index (χ1n) is 11.7. The van der Waals surface area contributed by atoms with Crippen molar-refractivity contribution in [3.63, 3.8) is 0 Å². The highest BCUT2D eigenvalue weighted by Crippen LogP contribution is 2.22. The van der Waals surface area contributed by atoms with Gasteiger partial charge in [-0.05, 0) is 81.3 Å². The van der Waals surface area contributed by atoms with Crippen LogP contribution in [0.25, 0.3) is 5.69 Å². The van der Waals surface area contributed by atoms with Gasteiger partial charge < -0.3 is 23.0 Å². The second-order valence-corrected chi connectivity index (χ2v) is 8.57. The van der Waals surface area contributed by atoms with Crippen LogP contribution in [0.4, 0.5) is 5.88 Å². The summed E-state index contributed by atoms with van der Waals surface area (Å²) in [4.78, 5) is 14.5. The quantitative estimate of drug-likeness (QED) is 0.281. The van der Waals surface area contributed by atoms with Crippen LogP contribution in [0.5, 0.6) is 5.75 Å². The van der Waals surface area contributed by atoms with Crippen LogP contribution >= 0.6 is 0 Å². The number of furan rings is 2. The number of carbonyl (C=O) groups excluding carboxylic acids is 1. The molecule has 0 unspecified atom stereocenters. The Morgan fingerprint density at radius 3 is 2.46 bits per heavy atom. The van der Waals surface area contributed by atoms with Crippen molar-refractivity contribution in [3.05, 3.63) is 89.3 Å². The van der Waals surface area contributed by atoms with Gasteiger partial charge in [-0.2, -0.15) is 5.10 Å². The molecule has 4 aromatic rings. The molecule has 0 atom stereocenters. The summed E-state index contributed by atoms with van der Waals surface area (Å²) in [5, 5.41) is 3.97. The van der Waals surface area contributed by atoms with Gasteiger partial charge in [0.1, 0.15) is 23.9 Å². The molecule has 0 bridgehead atoms. The maximum atomic E-state index is 12.3. The molecule has 0 saturated carbocycles. The standard InChI is InChI=1S/C27H28N4O4/c1-19-5-6-20(2)31(19)21-7-9-22(10-8-21)33-18-24-11-13-25(34-24)27(32)29-28-17-23-12-14-26(35-23)30-15-3-4-16-30/h5-14,17H,3-4,15-16,18H2,1-2H3,(H,29,32)/b28-17+. The number of hydrazone groups is 1. The van der Waals surface area contributed by atoms with Gasteiger partial charge in [0.05, 0.1) is 6.21 Å². The number of hydrogen-bond acceptors (Lipinski definition) is 6. The van der Waals surface area contributed by atoms with Crippen molar-refractivity contribution in [1.82, 2.24) is 9.99 Å². The Morgan fingerprint density at radius 1 is 0.971 bits per heavy atom. The summed E-state index contributed by atoms with van der Waals surface area (Å²) < 4.78 is 19.4. The van der Waals surface area contributed by atoms with E-state index in [0.29, 0.717) is 11.5 Å². The minimum atomic E-state index is -0.444. The van der Waals surface area contributed by atoms with E-state index in [1.54, 1.807) is 12.1 Å². The van der Waals surface area contributed by atoms with Crippen molar-refractivity contribution in [2.24, 2.45) is 5.10 Å². The fourth-order valence-corrected chi connectivity index (χ4v) is 4.23. The number of carbonyl (C=O) groups is 1. The van der Waals surface area contributed by atoms with Crippen LogP contribution in [0.3, 0.4) is 0 Å². The average molecular weight is 473 g/mol. The zero-order chi connectivity index (χ0) is 24.2. The third kappa shape index (κ3) is 5.16. The van der Waals surface area contributed by atoms with Gasteiger partial charge in [-0.1, -0.05) is 0 Å². The number of hydrogen-bond donors (Lipinski definition) is 1. The summed E-state index contributed by atoms with van der Waals surface area (Å²) >= 11 is 0. The number of anilines is 1. The molecule has 1 aromatic carbocycles. The number of amides is 1. The summed E-state index contributed by atoms with van der Waals surface area (Å²) in [7, 11) is 0. The molecular formula is C27H28N4O4. The number of nitrogens with one attached hydrogen (secondary N) is 1. The molecule has 0 aliphatic carbocycles. The molecule has 4 heterocycles. The molecule has 3 aromatic heterocycles. The lowest BCUT2D eigenvalue weighted by molar-refractivity contribution is 0.0923. The zero-order valence-electron chi connectivity index (χ0n) is 19.9. The van der Waals surface area contributed by atoms with Crippen molar-refractivity contribution in [3.8, 4) is 11.4 Å². The topological polar surface area (TPSA) is 85.1 Å². The monoisotopic (exact) mass is 472 g/mol. The fraction of sp³-hybridized carbons (Fsp3) is 0.259. The molecule has 180 valence electrons. The minimum Gasteiger partial charge on any atom is -0.486 e. The molecule has 1 fully saturated rings. The van der Waals surface area contributed by atoms with Crippen LogP contribution < -0.4 is 15.1 Å². The summed E-state index contributed by atoms with van der Waals surface area (Å²) in [6, 6.07) is 19.1. The first-order valence-corrected chi connectivity index (χ1v) is 11.7. The molecule has 5 rings (SSSR count). The SMILES string of the molecule is Cc1ccc(C)n1-c1ccc(OCc2ccc(C(=O)N/N=C/c3ccc(N4CCCC4)o3)o2)cc1. The first kappa shape index (κ1) is 22.6. The third-order valence-corrected chi connectivity index (χ3v) is 6.02. The molecular weight excluding hydrogens is 444 g/mol. The molecule has 1 N–H and O–H groups in total. The number of ether oxygens (including phenoxy) is 1. The smallest absolute Gasteiger partial charge is 0.307 e. The predicted octanol–water partition coefficient (Wildman–Crippen LogP) is 5.22. The van der Waals surface area contributed by atoms with Gasteiger partial charge in [0.15, 0.2) is 11.6 Å². The maximum Gasteiger partial charge on any atom is 0.307 e. The van der Waals surface area contributed by atoms with E-state index in [-0.39, 0.29) is 12.4 Å². The Bertz CT molecular complexity index is 1300. The Balaban J connectivity index is 1.12. The summed E-state index contributed by atoms with van der Waals surface area (Å²) in [5.41, 5.74) is 5.90. The van der Waals surface area contributed by atoms with Gasteiger partial charge in [-0.3, -0.25) is 4.79 Å². The molecule has 0 radical (unpaired) electrons. The van der Waals surface area contributed by atoms with Gasteiger partial charge >= 0.3 is 5.91 Å². The lowest BCUT2D eigenvalue weighted by Crippen LogP contribution is -2.17. The summed E-state index contributed by atoms with van der Waals surface area (Å²) in [6.07, 6.45) is 3.83. The zero-order valence-corrected chi connectivity index (χ0v) is 19.9. The van der Waals surface area contributed by atoms with E-state index in [1.165, 1.54) is 30.4 Å². The Kier molecular flexibility index (Phi) is 6.43. The van der Waals surface area contributed by atoms with Gasteiger partial charge in [0.25, 0.3) is 0 Å². The van der Waals surface area contributed by atoms with E-state index >= 15 is 0 Å². The van der Waals surface area contributed by atoms with E-state index in [9.17, 15) is 4.79 Å². The molecule has 8 nitrogen and oxygen atoms in total. The first-order chi connectivity index (χ1) is 17.1. The van der Waals surface area contributed by atoms with Gasteiger partial charge in [-0.25, -0.2) is 5.43 Å². The second-order valence-electron chi connectivity index (χ2n) is 8.57. The average Bonchev–Trinajstić information content (AvgIpc) is 3.66. The number of nitrogens with zero attached hydrogens (tertiary/aromatic N) is 3. The van der Waals surface area contributed by atoms with Gasteiger partial charge in [-0.15, -0.1) is 0 Å². The Morgan fingerprint density at radius 2 is 1.71 bits per heavy atom. The Labute approximate surface area is 203 Å². The van der Waals surface area contributed by atoms with E-state index in [1.807, 2.05) is 36.4 Å². The molecule has 35 heavy (non-hydrogen) atoms. The highest BCUT2D eigenvalue weighted by molar-refractivity contribution is 5.92. The molecule has 0 spiro atoms. The highest BCUT2D eigenvalue weighted by atomic mass is 16.5. The lowest BCUT2D eigenvalue weighted by atomic mass is 10.3. The van der Waals surface area contributed by atoms with E-state index in [4.69, 9.17) is 13.6 Å². The van der Waals surface area contributed by atoms with Crippen LogP contribution in [0.1, 0.15) is 46.3 Å². The van der Waals surface area contributed by atoms with Crippen molar-refractivity contribution in [1.29, 1.82) is 0 Å². The normalized spacial score (nSPS) is 13.6. The van der Waals surface area contributed by atoms with E-state index in [0.717, 1.165) is 30.4 Å². The molecule has 1 amide bonds. The molecule has 1 saturated heterocycles. The molecule has 8 heteroatoms. The maximum absolute atomic E-state index is 12.3. The van der Waals surface area contributed by atoms with Gasteiger partial charge in [0.2, 0.25) is 0 Å². The number of benzene rings is 1. The van der Waals surface area contributed by atoms with Crippen LogP contribution in [-0.2, 0) is 6.61 Å². The summed E-state index contributed by atoms with van der Waals surface area (Å²) in [6.45, 7) is 6.38. The van der Waals surface area contributed by atoms with Crippen molar-refractivity contribution >= 4 is 18.0 Å². The van der Waals surface area contributed by atoms with Crippen molar-refractivity contribution in [2.45, 2.75) is 33.3 Å². The van der Waals surface area contributed by atoms with E-state index in [2.05, 4.69) is 46.0 Å². The van der Waals surface area contributed by atoms with E-state index < -0.39 is 5.91 Å². The molecule has 1 aliphatic rings. The predicted molar refractivity (Wildman–Crippen MR) is 133 cm³/mol. The van der Waals surface area contributed by atoms with Crippen LogP contribution in [0, 0.1) is 13.8 Å². The summed E-state index contributed by atoms with van der Waals surface area (Å²) in [5.74, 6) is 2.38. The largest absolute Gasteiger partial charge is 0.486 e. The fourth-order valence-electron chi connectivity index (χ4n) is 4.23. The molecule has 1 aliphatic heterocycles. The minimum absolute atomic E-state index is 0.159. The van der Waals surface area contributed by atoms with Gasteiger partial charge in [0, 0.05) is 36.2 Å². The van der Waals surface area contributed by atoms with Crippen LogP contribution in [-0.4, -0.2) is 29.8 Å². The van der Waals surface area contributed by atoms with Crippen molar-refractivity contribution in [2.75, 3.05) is 18.0 Å². The van der Waals surface area contributed by atoms with Crippen LogP contribution in [0.2, 0.25) is 0 Å². The highest BCUT2D eigenvalue weighted by Gasteiger charge is 2.15. The third-order valence-electron chi connectivity index (χ3n) is 6.02. The number of rotatable bonds is 8. The number of aryl methyl sites for hydroxylation is 2. The second kappa shape index (κ2) is 9.97. The Hall–Kier alpha value is -4.20. The van der Waals surface area contributed by atoms with Crippen LogP contribution in [0.15, 0.2) is 74.6 Å². The number of aromatic nitrogens is 1. The lowest BCUT2D eigenvalue weighted by Gasteiger charge is -2.12. The van der Waals surface area contributed by atoms with Crippen molar-refractivity contribution < 1.29 is 18.4 Å².